The summed E-state index contributed by atoms with van der Waals surface area (Å²) in [4.78, 5) is 30.2. The number of H-pyrrole nitrogens is 1. The number of carbonyl (C=O) groups is 2. The molecule has 2 heterocycles. The molecule has 6 nitrogen and oxygen atoms in total. The molecule has 7 heteroatoms. The summed E-state index contributed by atoms with van der Waals surface area (Å²) in [6.07, 6.45) is 0. The number of aromatic amines is 1. The van der Waals surface area contributed by atoms with E-state index in [-0.39, 0.29) is 21.9 Å². The highest BCUT2D eigenvalue weighted by molar-refractivity contribution is 7.71. The van der Waals surface area contributed by atoms with Crippen LogP contribution in [0, 0.1) is 4.77 Å². The van der Waals surface area contributed by atoms with Gasteiger partial charge in [0.15, 0.2) is 4.77 Å². The number of nitrogens with one attached hydrogen (secondary N) is 1. The first kappa shape index (κ1) is 12.5. The molecule has 1 aromatic carbocycles. The molecule has 0 bridgehead atoms. The van der Waals surface area contributed by atoms with Crippen LogP contribution in [0.4, 0.5) is 0 Å². The molecule has 0 fully saturated rings. The van der Waals surface area contributed by atoms with Gasteiger partial charge in [-0.15, -0.1) is 0 Å². The fourth-order valence-corrected chi connectivity index (χ4v) is 2.56. The molecule has 0 radical (unpaired) electrons. The fraction of sp³-hybridized carbons (Fsp3) is 0.0769. The maximum atomic E-state index is 12.1. The van der Waals surface area contributed by atoms with Gasteiger partial charge < -0.3 is 10.1 Å². The Morgan fingerprint density at radius 2 is 2.10 bits per heavy atom. The average molecular weight is 287 g/mol. The Balaban J connectivity index is 2.49. The Labute approximate surface area is 117 Å². The number of amides is 1. The lowest BCUT2D eigenvalue weighted by Crippen LogP contribution is -2.24. The van der Waals surface area contributed by atoms with E-state index in [1.165, 1.54) is 6.92 Å². The molecule has 1 aliphatic rings. The Morgan fingerprint density at radius 3 is 2.80 bits per heavy atom. The molecule has 100 valence electrons. The van der Waals surface area contributed by atoms with Crippen LogP contribution < -0.4 is 10.6 Å². The maximum absolute atomic E-state index is 12.1. The molecule has 1 amide bonds. The van der Waals surface area contributed by atoms with Crippen molar-refractivity contribution < 1.29 is 14.7 Å². The zero-order chi connectivity index (χ0) is 14.4. The van der Waals surface area contributed by atoms with Crippen LogP contribution in [0.15, 0.2) is 29.3 Å². The number of benzene rings is 1. The fourth-order valence-electron chi connectivity index (χ4n) is 2.25. The molecule has 0 aliphatic carbocycles. The van der Waals surface area contributed by atoms with Crippen LogP contribution in [0.25, 0.3) is 5.57 Å². The molecular formula is C13H9N3O3S. The third-order valence-corrected chi connectivity index (χ3v) is 3.32. The van der Waals surface area contributed by atoms with Crippen LogP contribution in [0.5, 0.6) is 5.88 Å². The third kappa shape index (κ3) is 1.64. The second-order valence-corrected chi connectivity index (χ2v) is 4.68. The number of rotatable bonds is 1. The Bertz CT molecular complexity index is 937. The van der Waals surface area contributed by atoms with E-state index in [4.69, 9.17) is 12.2 Å². The standard InChI is InChI=1S/C13H9N3O3S/c1-6(17)16-10(12(19)15-13(16)20)9-7-4-2-3-5-8(7)14-11(9)18/h2-5,19H,1H3,(H,15,20). The highest BCUT2D eigenvalue weighted by Crippen LogP contribution is 2.24. The number of aromatic hydroxyl groups is 1. The van der Waals surface area contributed by atoms with E-state index in [1.807, 2.05) is 0 Å². The topological polar surface area (TPSA) is 87.4 Å². The molecule has 3 rings (SSSR count). The first-order valence-electron chi connectivity index (χ1n) is 5.78. The van der Waals surface area contributed by atoms with Crippen molar-refractivity contribution in [1.29, 1.82) is 0 Å². The van der Waals surface area contributed by atoms with Crippen LogP contribution in [-0.2, 0) is 4.79 Å². The molecular weight excluding hydrogens is 278 g/mol. The van der Waals surface area contributed by atoms with E-state index >= 15 is 0 Å². The molecule has 0 spiro atoms. The minimum absolute atomic E-state index is 0.0367. The summed E-state index contributed by atoms with van der Waals surface area (Å²) < 4.78 is 1.13. The van der Waals surface area contributed by atoms with Gasteiger partial charge in [-0.25, -0.2) is 4.99 Å². The zero-order valence-electron chi connectivity index (χ0n) is 10.4. The molecule has 0 saturated heterocycles. The van der Waals surface area contributed by atoms with Crippen LogP contribution in [-0.4, -0.2) is 26.5 Å². The van der Waals surface area contributed by atoms with Crippen LogP contribution in [0.3, 0.4) is 0 Å². The van der Waals surface area contributed by atoms with Crippen molar-refractivity contribution in [2.24, 2.45) is 4.99 Å². The van der Waals surface area contributed by atoms with Crippen molar-refractivity contribution in [2.75, 3.05) is 0 Å². The zero-order valence-corrected chi connectivity index (χ0v) is 11.2. The summed E-state index contributed by atoms with van der Waals surface area (Å²) in [6.45, 7) is 1.30. The Morgan fingerprint density at radius 1 is 1.40 bits per heavy atom. The normalized spacial score (nSPS) is 13.2. The predicted octanol–water partition coefficient (Wildman–Crippen LogP) is 0.270. The number of hydrogen-bond acceptors (Lipinski definition) is 4. The minimum atomic E-state index is -0.509. The lowest BCUT2D eigenvalue weighted by Gasteiger charge is -2.04. The first-order chi connectivity index (χ1) is 9.50. The second kappa shape index (κ2) is 4.24. The number of hydrogen-bond donors (Lipinski definition) is 2. The van der Waals surface area contributed by atoms with Crippen LogP contribution in [0.2, 0.25) is 0 Å². The first-order valence-corrected chi connectivity index (χ1v) is 6.19. The van der Waals surface area contributed by atoms with Gasteiger partial charge >= 0.3 is 0 Å². The number of nitrogens with zero attached hydrogens (tertiary/aromatic N) is 2. The van der Waals surface area contributed by atoms with E-state index in [9.17, 15) is 14.7 Å². The summed E-state index contributed by atoms with van der Waals surface area (Å²) in [5, 5.41) is 11.0. The largest absolute Gasteiger partial charge is 0.493 e. The smallest absolute Gasteiger partial charge is 0.280 e. The van der Waals surface area contributed by atoms with Crippen molar-refractivity contribution in [2.45, 2.75) is 6.92 Å². The molecule has 1 aromatic heterocycles. The van der Waals surface area contributed by atoms with E-state index < -0.39 is 11.8 Å². The van der Waals surface area contributed by atoms with Crippen molar-refractivity contribution in [3.63, 3.8) is 0 Å². The number of para-hydroxylation sites is 1. The van der Waals surface area contributed by atoms with Gasteiger partial charge in [0, 0.05) is 12.1 Å². The summed E-state index contributed by atoms with van der Waals surface area (Å²) in [5.74, 6) is -1.22. The molecule has 0 saturated carbocycles. The second-order valence-electron chi connectivity index (χ2n) is 4.29. The summed E-state index contributed by atoms with van der Waals surface area (Å²) >= 11 is 4.98. The van der Waals surface area contributed by atoms with Crippen molar-refractivity contribution in [3.05, 3.63) is 45.3 Å². The van der Waals surface area contributed by atoms with Gasteiger partial charge in [-0.2, -0.15) is 0 Å². The highest BCUT2D eigenvalue weighted by Gasteiger charge is 2.26. The average Bonchev–Trinajstić information content (AvgIpc) is 2.84. The molecule has 20 heavy (non-hydrogen) atoms. The number of fused-ring (bicyclic) bond motifs is 1. The van der Waals surface area contributed by atoms with Gasteiger partial charge in [-0.05, 0) is 18.3 Å². The Hall–Kier alpha value is -2.54. The Kier molecular flexibility index (Phi) is 2.65. The van der Waals surface area contributed by atoms with Gasteiger partial charge in [-0.1, -0.05) is 18.2 Å². The van der Waals surface area contributed by atoms with Gasteiger partial charge in [0.05, 0.1) is 10.9 Å². The van der Waals surface area contributed by atoms with Gasteiger partial charge in [-0.3, -0.25) is 14.2 Å². The van der Waals surface area contributed by atoms with Gasteiger partial charge in [0.1, 0.15) is 5.69 Å². The number of imidazole rings is 1. The van der Waals surface area contributed by atoms with Crippen molar-refractivity contribution in [1.82, 2.24) is 9.55 Å². The van der Waals surface area contributed by atoms with Crippen LogP contribution in [0.1, 0.15) is 17.4 Å². The molecule has 0 atom stereocenters. The maximum Gasteiger partial charge on any atom is 0.280 e. The van der Waals surface area contributed by atoms with Gasteiger partial charge in [0.25, 0.3) is 5.91 Å². The van der Waals surface area contributed by atoms with Gasteiger partial charge in [0.2, 0.25) is 11.8 Å². The van der Waals surface area contributed by atoms with Crippen molar-refractivity contribution in [3.8, 4) is 5.88 Å². The quantitative estimate of drug-likeness (QED) is 0.737. The SMILES string of the molecule is CC(=O)n1c(C2=c3ccccc3=NC2=O)c(O)[nH]c1=S. The lowest BCUT2D eigenvalue weighted by atomic mass is 10.1. The highest BCUT2D eigenvalue weighted by atomic mass is 32.1. The minimum Gasteiger partial charge on any atom is -0.493 e. The van der Waals surface area contributed by atoms with E-state index in [2.05, 4.69) is 9.98 Å². The van der Waals surface area contributed by atoms with E-state index in [1.54, 1.807) is 24.3 Å². The lowest BCUT2D eigenvalue weighted by molar-refractivity contribution is -0.112. The molecule has 2 aromatic rings. The molecule has 2 N–H and O–H groups in total. The summed E-state index contributed by atoms with van der Waals surface area (Å²) in [7, 11) is 0. The summed E-state index contributed by atoms with van der Waals surface area (Å²) in [6, 6.07) is 6.91. The number of carbonyl (C=O) groups excluding carboxylic acids is 2. The molecule has 1 aliphatic heterocycles. The number of aromatic nitrogens is 2. The summed E-state index contributed by atoms with van der Waals surface area (Å²) in [5.41, 5.74) is 0.224. The van der Waals surface area contributed by atoms with E-state index in [0.717, 1.165) is 4.57 Å². The monoisotopic (exact) mass is 287 g/mol. The van der Waals surface area contributed by atoms with Crippen LogP contribution >= 0.6 is 12.2 Å². The van der Waals surface area contributed by atoms with Crippen molar-refractivity contribution >= 4 is 29.6 Å². The van der Waals surface area contributed by atoms with E-state index in [0.29, 0.717) is 10.6 Å². The predicted molar refractivity (Wildman–Crippen MR) is 72.3 cm³/mol. The molecule has 0 unspecified atom stereocenters. The third-order valence-electron chi connectivity index (χ3n) is 3.04.